The standard InChI is InChI=1S/C14H18BrNO3S/c1-9-12(14(18)19)3-2-6-16(9)13(17)5-4-11-7-10(15)8-20-11/h7-9,12H,2-6H2,1H3,(H,18,19)/t9-,12-/m1/s1. The van der Waals surface area contributed by atoms with Crippen LogP contribution in [0.1, 0.15) is 31.1 Å². The monoisotopic (exact) mass is 359 g/mol. The first-order valence-corrected chi connectivity index (χ1v) is 8.41. The molecule has 2 rings (SSSR count). The number of carbonyl (C=O) groups is 2. The van der Waals surface area contributed by atoms with Crippen molar-refractivity contribution in [3.63, 3.8) is 0 Å². The molecule has 20 heavy (non-hydrogen) atoms. The smallest absolute Gasteiger partial charge is 0.308 e. The lowest BCUT2D eigenvalue weighted by Crippen LogP contribution is -2.49. The number of piperidine rings is 1. The zero-order valence-electron chi connectivity index (χ0n) is 11.3. The second-order valence-electron chi connectivity index (χ2n) is 5.15. The van der Waals surface area contributed by atoms with Crippen molar-refractivity contribution in [2.45, 2.75) is 38.6 Å². The molecule has 1 aliphatic heterocycles. The van der Waals surface area contributed by atoms with Gasteiger partial charge in [0.15, 0.2) is 0 Å². The Hall–Kier alpha value is -0.880. The van der Waals surface area contributed by atoms with Crippen molar-refractivity contribution < 1.29 is 14.7 Å². The molecule has 0 bridgehead atoms. The molecule has 110 valence electrons. The Balaban J connectivity index is 1.92. The lowest BCUT2D eigenvalue weighted by Gasteiger charge is -2.37. The molecule has 0 aliphatic carbocycles. The first-order chi connectivity index (χ1) is 9.49. The van der Waals surface area contributed by atoms with Crippen molar-refractivity contribution in [3.05, 3.63) is 20.8 Å². The number of carbonyl (C=O) groups excluding carboxylic acids is 1. The summed E-state index contributed by atoms with van der Waals surface area (Å²) in [5.74, 6) is -1.16. The molecule has 0 radical (unpaired) electrons. The number of likely N-dealkylation sites (tertiary alicyclic amines) is 1. The average Bonchev–Trinajstić information content (AvgIpc) is 2.81. The lowest BCUT2D eigenvalue weighted by atomic mass is 9.90. The van der Waals surface area contributed by atoms with Crippen LogP contribution in [0.3, 0.4) is 0 Å². The van der Waals surface area contributed by atoms with Crippen molar-refractivity contribution in [2.75, 3.05) is 6.54 Å². The minimum atomic E-state index is -0.794. The van der Waals surface area contributed by atoms with Crippen LogP contribution in [-0.4, -0.2) is 34.5 Å². The molecule has 4 nitrogen and oxygen atoms in total. The van der Waals surface area contributed by atoms with Crippen LogP contribution in [0.15, 0.2) is 15.9 Å². The van der Waals surface area contributed by atoms with Crippen LogP contribution in [0.2, 0.25) is 0 Å². The summed E-state index contributed by atoms with van der Waals surface area (Å²) in [7, 11) is 0. The molecule has 1 aliphatic rings. The molecule has 1 saturated heterocycles. The van der Waals surface area contributed by atoms with E-state index in [1.54, 1.807) is 16.2 Å². The summed E-state index contributed by atoms with van der Waals surface area (Å²) in [5.41, 5.74) is 0. The first kappa shape index (κ1) is 15.5. The van der Waals surface area contributed by atoms with Crippen LogP contribution < -0.4 is 0 Å². The van der Waals surface area contributed by atoms with Crippen LogP contribution in [0.4, 0.5) is 0 Å². The SMILES string of the molecule is C[C@@H]1[C@H](C(=O)O)CCCN1C(=O)CCc1cc(Br)cs1. The van der Waals surface area contributed by atoms with E-state index in [0.717, 1.165) is 17.3 Å². The van der Waals surface area contributed by atoms with Crippen LogP contribution in [-0.2, 0) is 16.0 Å². The van der Waals surface area contributed by atoms with E-state index in [9.17, 15) is 14.7 Å². The van der Waals surface area contributed by atoms with E-state index in [-0.39, 0.29) is 11.9 Å². The first-order valence-electron chi connectivity index (χ1n) is 6.74. The number of aryl methyl sites for hydroxylation is 1. The fourth-order valence-electron chi connectivity index (χ4n) is 2.68. The molecule has 2 heterocycles. The molecule has 2 atom stereocenters. The molecule has 0 saturated carbocycles. The lowest BCUT2D eigenvalue weighted by molar-refractivity contribution is -0.149. The minimum Gasteiger partial charge on any atom is -0.481 e. The Kier molecular flexibility index (Phi) is 5.21. The second-order valence-corrected chi connectivity index (χ2v) is 7.06. The third kappa shape index (κ3) is 3.61. The summed E-state index contributed by atoms with van der Waals surface area (Å²) >= 11 is 5.03. The van der Waals surface area contributed by atoms with E-state index in [1.807, 2.05) is 18.4 Å². The van der Waals surface area contributed by atoms with Gasteiger partial charge in [0.05, 0.1) is 5.92 Å². The van der Waals surface area contributed by atoms with Gasteiger partial charge in [-0.15, -0.1) is 11.3 Å². The van der Waals surface area contributed by atoms with E-state index < -0.39 is 11.9 Å². The van der Waals surface area contributed by atoms with Gasteiger partial charge in [0.2, 0.25) is 5.91 Å². The molecule has 1 fully saturated rings. The molecule has 0 aromatic carbocycles. The van der Waals surface area contributed by atoms with Gasteiger partial charge in [0.1, 0.15) is 0 Å². The van der Waals surface area contributed by atoms with E-state index in [0.29, 0.717) is 19.4 Å². The third-order valence-electron chi connectivity index (χ3n) is 3.83. The maximum atomic E-state index is 12.3. The van der Waals surface area contributed by atoms with Gasteiger partial charge < -0.3 is 10.0 Å². The Morgan fingerprint density at radius 1 is 1.55 bits per heavy atom. The van der Waals surface area contributed by atoms with Crippen molar-refractivity contribution in [1.29, 1.82) is 0 Å². The molecular weight excluding hydrogens is 342 g/mol. The number of hydrogen-bond donors (Lipinski definition) is 1. The summed E-state index contributed by atoms with van der Waals surface area (Å²) in [6.45, 7) is 2.52. The average molecular weight is 360 g/mol. The predicted octanol–water partition coefficient (Wildman–Crippen LogP) is 3.15. The largest absolute Gasteiger partial charge is 0.481 e. The van der Waals surface area contributed by atoms with Gasteiger partial charge in [-0.25, -0.2) is 0 Å². The van der Waals surface area contributed by atoms with Crippen LogP contribution in [0, 0.1) is 5.92 Å². The molecule has 1 amide bonds. The summed E-state index contributed by atoms with van der Waals surface area (Å²) in [6.07, 6.45) is 2.61. The maximum absolute atomic E-state index is 12.3. The number of aliphatic carboxylic acids is 1. The van der Waals surface area contributed by atoms with Gasteiger partial charge in [-0.05, 0) is 48.2 Å². The highest BCUT2D eigenvalue weighted by Gasteiger charge is 2.34. The number of carboxylic acids is 1. The number of thiophene rings is 1. The van der Waals surface area contributed by atoms with Crippen molar-refractivity contribution >= 4 is 39.1 Å². The number of amides is 1. The zero-order chi connectivity index (χ0) is 14.7. The van der Waals surface area contributed by atoms with E-state index >= 15 is 0 Å². The third-order valence-corrected chi connectivity index (χ3v) is 5.59. The Morgan fingerprint density at radius 3 is 2.90 bits per heavy atom. The Morgan fingerprint density at radius 2 is 2.30 bits per heavy atom. The zero-order valence-corrected chi connectivity index (χ0v) is 13.7. The molecular formula is C14H18BrNO3S. The number of carboxylic acid groups (broad SMARTS) is 1. The van der Waals surface area contributed by atoms with Crippen molar-refractivity contribution in [2.24, 2.45) is 5.92 Å². The van der Waals surface area contributed by atoms with Gasteiger partial charge in [0.25, 0.3) is 0 Å². The fourth-order valence-corrected chi connectivity index (χ4v) is 4.14. The number of hydrogen-bond acceptors (Lipinski definition) is 3. The molecule has 1 N–H and O–H groups in total. The van der Waals surface area contributed by atoms with E-state index in [1.165, 1.54) is 4.88 Å². The Labute approximate surface area is 130 Å². The van der Waals surface area contributed by atoms with Crippen LogP contribution >= 0.6 is 27.3 Å². The van der Waals surface area contributed by atoms with Gasteiger partial charge in [-0.3, -0.25) is 9.59 Å². The van der Waals surface area contributed by atoms with Crippen molar-refractivity contribution in [3.8, 4) is 0 Å². The maximum Gasteiger partial charge on any atom is 0.308 e. The molecule has 0 spiro atoms. The highest BCUT2D eigenvalue weighted by Crippen LogP contribution is 2.25. The van der Waals surface area contributed by atoms with Crippen LogP contribution in [0.5, 0.6) is 0 Å². The van der Waals surface area contributed by atoms with E-state index in [2.05, 4.69) is 15.9 Å². The molecule has 1 aromatic rings. The van der Waals surface area contributed by atoms with Gasteiger partial charge >= 0.3 is 5.97 Å². The van der Waals surface area contributed by atoms with Gasteiger partial charge in [-0.2, -0.15) is 0 Å². The van der Waals surface area contributed by atoms with Gasteiger partial charge in [0, 0.05) is 33.7 Å². The molecule has 6 heteroatoms. The quantitative estimate of drug-likeness (QED) is 0.898. The highest BCUT2D eigenvalue weighted by molar-refractivity contribution is 9.10. The Bertz CT molecular complexity index is 502. The second kappa shape index (κ2) is 6.72. The highest BCUT2D eigenvalue weighted by atomic mass is 79.9. The minimum absolute atomic E-state index is 0.0629. The summed E-state index contributed by atoms with van der Waals surface area (Å²) in [4.78, 5) is 26.4. The summed E-state index contributed by atoms with van der Waals surface area (Å²) in [5, 5.41) is 11.2. The van der Waals surface area contributed by atoms with Crippen LogP contribution in [0.25, 0.3) is 0 Å². The molecule has 0 unspecified atom stereocenters. The normalized spacial score (nSPS) is 22.8. The molecule has 1 aromatic heterocycles. The number of halogens is 1. The fraction of sp³-hybridized carbons (Fsp3) is 0.571. The number of rotatable bonds is 4. The summed E-state index contributed by atoms with van der Waals surface area (Å²) < 4.78 is 1.04. The topological polar surface area (TPSA) is 57.6 Å². The van der Waals surface area contributed by atoms with Gasteiger partial charge in [-0.1, -0.05) is 0 Å². The van der Waals surface area contributed by atoms with Crippen molar-refractivity contribution in [1.82, 2.24) is 4.90 Å². The number of nitrogens with zero attached hydrogens (tertiary/aromatic N) is 1. The summed E-state index contributed by atoms with van der Waals surface area (Å²) in [6, 6.07) is 1.82. The van der Waals surface area contributed by atoms with E-state index in [4.69, 9.17) is 0 Å². The predicted molar refractivity (Wildman–Crippen MR) is 81.9 cm³/mol.